The summed E-state index contributed by atoms with van der Waals surface area (Å²) in [6.45, 7) is 0.707. The number of hydrogen-bond acceptors (Lipinski definition) is 6. The Morgan fingerprint density at radius 2 is 1.85 bits per heavy atom. The highest BCUT2D eigenvalue weighted by Crippen LogP contribution is 2.30. The average molecular weight is 386 g/mol. The number of hydrogen-bond donors (Lipinski definition) is 1. The maximum Gasteiger partial charge on any atom is 1.00 e. The molecule has 4 rings (SSSR count). The Labute approximate surface area is 164 Å². The molecule has 0 aliphatic carbocycles. The van der Waals surface area contributed by atoms with E-state index < -0.39 is 0 Å². The molecule has 0 aliphatic heterocycles. The van der Waals surface area contributed by atoms with Gasteiger partial charge < -0.3 is 31.6 Å². The molecule has 0 saturated carbocycles. The highest BCUT2D eigenvalue weighted by molar-refractivity contribution is 6.05. The summed E-state index contributed by atoms with van der Waals surface area (Å²) in [5, 5.41) is 4.34. The third-order valence-corrected chi connectivity index (χ3v) is 4.31. The first-order valence-electron chi connectivity index (χ1n) is 8.37. The molecule has 1 N–H and O–H groups in total. The number of fused-ring (bicyclic) bond motifs is 3. The number of nitrogens with one attached hydrogen (secondary N) is 1. The lowest BCUT2D eigenvalue weighted by atomic mass is 10.1. The maximum atomic E-state index is 5.93. The molecule has 0 bridgehead atoms. The number of ether oxygens (including phenoxy) is 2. The molecule has 0 fully saturated rings. The fourth-order valence-electron chi connectivity index (χ4n) is 3.01. The summed E-state index contributed by atoms with van der Waals surface area (Å²) in [5.74, 6) is 2.15. The van der Waals surface area contributed by atoms with Crippen molar-refractivity contribution in [3.8, 4) is 11.5 Å². The van der Waals surface area contributed by atoms with Crippen LogP contribution in [-0.4, -0.2) is 30.7 Å². The third kappa shape index (κ3) is 3.61. The molecule has 7 heteroatoms. The highest BCUT2D eigenvalue weighted by Gasteiger charge is 2.12. The summed E-state index contributed by atoms with van der Waals surface area (Å²) >= 11 is 0. The molecule has 27 heavy (non-hydrogen) atoms. The Balaban J connectivity index is 0.00000140. The van der Waals surface area contributed by atoms with E-state index in [9.17, 15) is 0 Å². The standard InChI is InChI=1S/C20H19N3O3.ClH/c1-24-16-8-7-13(11-17(16)25-2)9-10-21-20-19-18(22-12-23-20)14-5-3-4-6-15(14)26-19;/h3-8,11-12H,9-10H2,1-2H3,(H,21,22,23);1H. The van der Waals surface area contributed by atoms with Crippen molar-refractivity contribution >= 4 is 27.9 Å². The number of nitrogens with zero attached hydrogens (tertiary/aromatic N) is 2. The number of aromatic nitrogens is 2. The molecule has 0 unspecified atom stereocenters. The molecule has 0 atom stereocenters. The number of anilines is 1. The Hall–Kier alpha value is -2.99. The smallest absolute Gasteiger partial charge is 1.00 e. The van der Waals surface area contributed by atoms with E-state index in [1.807, 2.05) is 42.5 Å². The lowest BCUT2D eigenvalue weighted by molar-refractivity contribution is -0.00000626. The Kier molecular flexibility index (Phi) is 5.66. The Morgan fingerprint density at radius 3 is 2.67 bits per heavy atom. The fourth-order valence-corrected chi connectivity index (χ4v) is 3.01. The van der Waals surface area contributed by atoms with Gasteiger partial charge in [0.05, 0.1) is 14.2 Å². The Morgan fingerprint density at radius 1 is 1.04 bits per heavy atom. The average Bonchev–Trinajstić information content (AvgIpc) is 3.07. The lowest BCUT2D eigenvalue weighted by Crippen LogP contribution is -3.00. The van der Waals surface area contributed by atoms with Gasteiger partial charge in [0, 0.05) is 11.9 Å². The van der Waals surface area contributed by atoms with Crippen LogP contribution in [0.2, 0.25) is 0 Å². The van der Waals surface area contributed by atoms with E-state index >= 15 is 0 Å². The van der Waals surface area contributed by atoms with E-state index in [0.29, 0.717) is 17.9 Å². The van der Waals surface area contributed by atoms with Crippen molar-refractivity contribution in [2.45, 2.75) is 6.42 Å². The molecule has 0 spiro atoms. The summed E-state index contributed by atoms with van der Waals surface area (Å²) in [5.41, 5.74) is 3.46. The number of halogens is 1. The molecule has 0 amide bonds. The van der Waals surface area contributed by atoms with Crippen LogP contribution in [0, 0.1) is 0 Å². The van der Waals surface area contributed by atoms with Crippen LogP contribution in [0.25, 0.3) is 22.1 Å². The van der Waals surface area contributed by atoms with Crippen LogP contribution in [0.5, 0.6) is 11.5 Å². The van der Waals surface area contributed by atoms with Gasteiger partial charge in [0.25, 0.3) is 0 Å². The molecule has 2 aromatic heterocycles. The zero-order valence-corrected chi connectivity index (χ0v) is 15.8. The van der Waals surface area contributed by atoms with Gasteiger partial charge in [-0.05, 0) is 36.2 Å². The molecule has 2 aromatic carbocycles. The van der Waals surface area contributed by atoms with E-state index in [-0.39, 0.29) is 13.8 Å². The third-order valence-electron chi connectivity index (χ3n) is 4.31. The van der Waals surface area contributed by atoms with Gasteiger partial charge in [-0.25, -0.2) is 9.97 Å². The zero-order chi connectivity index (χ0) is 17.9. The van der Waals surface area contributed by atoms with E-state index in [2.05, 4.69) is 15.3 Å². The molecule has 140 valence electrons. The topological polar surface area (TPSA) is 69.4 Å². The maximum absolute atomic E-state index is 5.93. The second-order valence-corrected chi connectivity index (χ2v) is 5.86. The van der Waals surface area contributed by atoms with E-state index in [1.54, 1.807) is 20.5 Å². The lowest BCUT2D eigenvalue weighted by Gasteiger charge is -2.10. The predicted octanol–water partition coefficient (Wildman–Crippen LogP) is 1.16. The molecule has 0 saturated heterocycles. The van der Waals surface area contributed by atoms with Gasteiger partial charge in [-0.1, -0.05) is 18.2 Å². The molecule has 4 aromatic rings. The van der Waals surface area contributed by atoms with Crippen molar-refractivity contribution in [3.05, 3.63) is 54.4 Å². The summed E-state index contributed by atoms with van der Waals surface area (Å²) in [6.07, 6.45) is 2.37. The monoisotopic (exact) mass is 385 g/mol. The molecule has 2 heterocycles. The van der Waals surface area contributed by atoms with E-state index in [1.165, 1.54) is 0 Å². The van der Waals surface area contributed by atoms with Gasteiger partial charge in [-0.3, -0.25) is 0 Å². The van der Waals surface area contributed by atoms with Crippen molar-refractivity contribution in [1.29, 1.82) is 0 Å². The minimum Gasteiger partial charge on any atom is -1.00 e. The van der Waals surface area contributed by atoms with Crippen molar-refractivity contribution in [1.82, 2.24) is 9.97 Å². The van der Waals surface area contributed by atoms with Crippen LogP contribution < -0.4 is 27.2 Å². The molecule has 0 radical (unpaired) electrons. The van der Waals surface area contributed by atoms with Crippen LogP contribution in [0.4, 0.5) is 5.82 Å². The first kappa shape index (κ1) is 18.8. The zero-order valence-electron chi connectivity index (χ0n) is 16.0. The number of rotatable bonds is 6. The molecular weight excluding hydrogens is 366 g/mol. The second kappa shape index (κ2) is 8.14. The van der Waals surface area contributed by atoms with Crippen molar-refractivity contribution in [2.75, 3.05) is 26.1 Å². The van der Waals surface area contributed by atoms with Crippen molar-refractivity contribution < 1.29 is 27.7 Å². The van der Waals surface area contributed by atoms with Gasteiger partial charge in [0.2, 0.25) is 0 Å². The summed E-state index contributed by atoms with van der Waals surface area (Å²) in [7, 11) is 3.27. The quantitative estimate of drug-likeness (QED) is 0.537. The van der Waals surface area contributed by atoms with E-state index in [4.69, 9.17) is 13.9 Å². The fraction of sp³-hybridized carbons (Fsp3) is 0.200. The van der Waals surface area contributed by atoms with Crippen molar-refractivity contribution in [2.24, 2.45) is 0 Å². The minimum absolute atomic E-state index is 0. The van der Waals surface area contributed by atoms with Crippen LogP contribution in [-0.2, 0) is 6.42 Å². The highest BCUT2D eigenvalue weighted by atomic mass is 35.5. The van der Waals surface area contributed by atoms with Crippen LogP contribution in [0.15, 0.2) is 53.2 Å². The minimum atomic E-state index is 0. The van der Waals surface area contributed by atoms with Gasteiger partial charge in [0.15, 0.2) is 22.9 Å². The second-order valence-electron chi connectivity index (χ2n) is 5.86. The SMILES string of the molecule is COc1ccc(CCNc2ncnc3c2oc2ccccc23)cc1OC.[Cl-].[H+]. The van der Waals surface area contributed by atoms with Gasteiger partial charge in [-0.15, -0.1) is 0 Å². The molecule has 6 nitrogen and oxygen atoms in total. The summed E-state index contributed by atoms with van der Waals surface area (Å²) < 4.78 is 16.6. The van der Waals surface area contributed by atoms with Crippen LogP contribution >= 0.6 is 0 Å². The van der Waals surface area contributed by atoms with Crippen LogP contribution in [0.3, 0.4) is 0 Å². The first-order valence-corrected chi connectivity index (χ1v) is 8.37. The molecular formula is C20H20ClN3O3. The number of methoxy groups -OCH3 is 2. The van der Waals surface area contributed by atoms with Crippen LogP contribution in [0.1, 0.15) is 6.99 Å². The Bertz CT molecular complexity index is 1070. The summed E-state index contributed by atoms with van der Waals surface area (Å²) in [6, 6.07) is 13.8. The number of furan rings is 1. The van der Waals surface area contributed by atoms with Gasteiger partial charge >= 0.3 is 1.43 Å². The first-order chi connectivity index (χ1) is 12.8. The predicted molar refractivity (Wildman–Crippen MR) is 102 cm³/mol. The van der Waals surface area contributed by atoms with E-state index in [0.717, 1.165) is 40.0 Å². The van der Waals surface area contributed by atoms with Gasteiger partial charge in [-0.2, -0.15) is 0 Å². The normalized spacial score (nSPS) is 10.6. The molecule has 0 aliphatic rings. The van der Waals surface area contributed by atoms with Gasteiger partial charge in [0.1, 0.15) is 17.4 Å². The summed E-state index contributed by atoms with van der Waals surface area (Å²) in [4.78, 5) is 8.70. The number of benzene rings is 2. The number of para-hydroxylation sites is 1. The van der Waals surface area contributed by atoms with Crippen molar-refractivity contribution in [3.63, 3.8) is 0 Å². The largest absolute Gasteiger partial charge is 1.00 e.